The zero-order valence-electron chi connectivity index (χ0n) is 9.49. The number of aliphatic hydroxyl groups excluding tert-OH is 1. The molecular weight excluding hydrogens is 204 g/mol. The Kier molecular flexibility index (Phi) is 5.36. The molecule has 0 atom stereocenters. The van der Waals surface area contributed by atoms with Crippen molar-refractivity contribution in [1.82, 2.24) is 10.6 Å². The second-order valence-corrected chi connectivity index (χ2v) is 3.58. The largest absolute Gasteiger partial charge is 0.392 e. The molecule has 0 fully saturated rings. The molecule has 88 valence electrons. The number of amides is 2. The lowest BCUT2D eigenvalue weighted by Gasteiger charge is -2.07. The van der Waals surface area contributed by atoms with Gasteiger partial charge >= 0.3 is 6.03 Å². The fraction of sp³-hybridized carbons (Fsp3) is 0.417. The van der Waals surface area contributed by atoms with E-state index in [2.05, 4.69) is 10.6 Å². The zero-order valence-corrected chi connectivity index (χ0v) is 9.49. The van der Waals surface area contributed by atoms with Gasteiger partial charge in [-0.05, 0) is 17.5 Å². The Labute approximate surface area is 95.7 Å². The van der Waals surface area contributed by atoms with Gasteiger partial charge in [-0.15, -0.1) is 0 Å². The molecule has 0 aliphatic carbocycles. The Balaban J connectivity index is 2.33. The van der Waals surface area contributed by atoms with Gasteiger partial charge in [-0.1, -0.05) is 31.2 Å². The van der Waals surface area contributed by atoms with Crippen LogP contribution in [0.5, 0.6) is 0 Å². The predicted octanol–water partition coefficient (Wildman–Crippen LogP) is 1.39. The van der Waals surface area contributed by atoms with Gasteiger partial charge < -0.3 is 15.7 Å². The lowest BCUT2D eigenvalue weighted by atomic mass is 10.1. The van der Waals surface area contributed by atoms with Gasteiger partial charge in [0.25, 0.3) is 0 Å². The quantitative estimate of drug-likeness (QED) is 0.705. The molecule has 0 heterocycles. The van der Waals surface area contributed by atoms with Crippen molar-refractivity contribution < 1.29 is 9.90 Å². The molecule has 0 unspecified atom stereocenters. The standard InChI is InChI=1S/C12H18N2O2/c1-2-7-13-12(16)14-8-10-3-5-11(9-15)6-4-10/h3-6,15H,2,7-9H2,1H3,(H2,13,14,16). The fourth-order valence-electron chi connectivity index (χ4n) is 1.25. The highest BCUT2D eigenvalue weighted by Crippen LogP contribution is 2.03. The van der Waals surface area contributed by atoms with Crippen LogP contribution < -0.4 is 10.6 Å². The molecule has 0 radical (unpaired) electrons. The van der Waals surface area contributed by atoms with Gasteiger partial charge in [-0.2, -0.15) is 0 Å². The first-order valence-electron chi connectivity index (χ1n) is 5.46. The normalized spacial score (nSPS) is 9.88. The number of hydrogen-bond donors (Lipinski definition) is 3. The summed E-state index contributed by atoms with van der Waals surface area (Å²) in [7, 11) is 0. The molecule has 4 nitrogen and oxygen atoms in total. The van der Waals surface area contributed by atoms with E-state index < -0.39 is 0 Å². The van der Waals surface area contributed by atoms with E-state index in [1.807, 2.05) is 31.2 Å². The molecule has 0 bridgehead atoms. The van der Waals surface area contributed by atoms with Crippen molar-refractivity contribution in [2.75, 3.05) is 6.54 Å². The molecule has 4 heteroatoms. The van der Waals surface area contributed by atoms with E-state index in [0.717, 1.165) is 17.5 Å². The Hall–Kier alpha value is -1.55. The van der Waals surface area contributed by atoms with Crippen molar-refractivity contribution in [3.63, 3.8) is 0 Å². The van der Waals surface area contributed by atoms with Gasteiger partial charge in [-0.3, -0.25) is 0 Å². The highest BCUT2D eigenvalue weighted by Gasteiger charge is 1.98. The Morgan fingerprint density at radius 1 is 1.19 bits per heavy atom. The van der Waals surface area contributed by atoms with Crippen molar-refractivity contribution in [1.29, 1.82) is 0 Å². The molecule has 1 aromatic carbocycles. The number of urea groups is 1. The lowest BCUT2D eigenvalue weighted by molar-refractivity contribution is 0.240. The zero-order chi connectivity index (χ0) is 11.8. The smallest absolute Gasteiger partial charge is 0.315 e. The Bertz CT molecular complexity index is 322. The first kappa shape index (κ1) is 12.5. The SMILES string of the molecule is CCCNC(=O)NCc1ccc(CO)cc1. The number of carbonyl (C=O) groups excluding carboxylic acids is 1. The maximum absolute atomic E-state index is 11.2. The van der Waals surface area contributed by atoms with Crippen LogP contribution in [0.1, 0.15) is 24.5 Å². The van der Waals surface area contributed by atoms with E-state index in [4.69, 9.17) is 5.11 Å². The summed E-state index contributed by atoms with van der Waals surface area (Å²) in [6.07, 6.45) is 0.929. The summed E-state index contributed by atoms with van der Waals surface area (Å²) in [5, 5.41) is 14.4. The molecule has 2 amide bonds. The minimum atomic E-state index is -0.145. The van der Waals surface area contributed by atoms with Crippen molar-refractivity contribution in [2.24, 2.45) is 0 Å². The average Bonchev–Trinajstić information content (AvgIpc) is 2.34. The molecule has 16 heavy (non-hydrogen) atoms. The molecule has 0 aliphatic rings. The van der Waals surface area contributed by atoms with Crippen LogP contribution in [0.3, 0.4) is 0 Å². The minimum absolute atomic E-state index is 0.0463. The summed E-state index contributed by atoms with van der Waals surface area (Å²) in [5.41, 5.74) is 1.89. The van der Waals surface area contributed by atoms with Gasteiger partial charge in [0.2, 0.25) is 0 Å². The van der Waals surface area contributed by atoms with Gasteiger partial charge in [0, 0.05) is 13.1 Å². The lowest BCUT2D eigenvalue weighted by Crippen LogP contribution is -2.35. The van der Waals surface area contributed by atoms with E-state index in [-0.39, 0.29) is 12.6 Å². The van der Waals surface area contributed by atoms with Gasteiger partial charge in [0.05, 0.1) is 6.61 Å². The molecule has 0 saturated carbocycles. The van der Waals surface area contributed by atoms with E-state index in [1.165, 1.54) is 0 Å². The number of carbonyl (C=O) groups is 1. The van der Waals surface area contributed by atoms with Gasteiger partial charge in [0.1, 0.15) is 0 Å². The summed E-state index contributed by atoms with van der Waals surface area (Å²) < 4.78 is 0. The van der Waals surface area contributed by atoms with Crippen LogP contribution in [0.2, 0.25) is 0 Å². The van der Waals surface area contributed by atoms with Crippen LogP contribution in [-0.2, 0) is 13.2 Å². The number of aliphatic hydroxyl groups is 1. The van der Waals surface area contributed by atoms with Crippen LogP contribution in [0.25, 0.3) is 0 Å². The number of rotatable bonds is 5. The number of nitrogens with one attached hydrogen (secondary N) is 2. The summed E-state index contributed by atoms with van der Waals surface area (Å²) >= 11 is 0. The van der Waals surface area contributed by atoms with E-state index in [0.29, 0.717) is 13.1 Å². The summed E-state index contributed by atoms with van der Waals surface area (Å²) in [6, 6.07) is 7.34. The number of hydrogen-bond acceptors (Lipinski definition) is 2. The first-order chi connectivity index (χ1) is 7.76. The second kappa shape index (κ2) is 6.85. The van der Waals surface area contributed by atoms with Crippen LogP contribution >= 0.6 is 0 Å². The third kappa shape index (κ3) is 4.31. The Morgan fingerprint density at radius 3 is 2.38 bits per heavy atom. The molecule has 0 aromatic heterocycles. The highest BCUT2D eigenvalue weighted by molar-refractivity contribution is 5.73. The second-order valence-electron chi connectivity index (χ2n) is 3.58. The van der Waals surface area contributed by atoms with Crippen LogP contribution in [0.4, 0.5) is 4.79 Å². The third-order valence-corrected chi connectivity index (χ3v) is 2.19. The van der Waals surface area contributed by atoms with E-state index in [1.54, 1.807) is 0 Å². The summed E-state index contributed by atoms with van der Waals surface area (Å²) in [4.78, 5) is 11.2. The van der Waals surface area contributed by atoms with Crippen molar-refractivity contribution >= 4 is 6.03 Å². The summed E-state index contributed by atoms with van der Waals surface area (Å²) in [6.45, 7) is 3.25. The third-order valence-electron chi connectivity index (χ3n) is 2.19. The predicted molar refractivity (Wildman–Crippen MR) is 62.9 cm³/mol. The van der Waals surface area contributed by atoms with Crippen LogP contribution in [0.15, 0.2) is 24.3 Å². The molecule has 1 rings (SSSR count). The molecule has 0 aliphatic heterocycles. The van der Waals surface area contributed by atoms with Crippen LogP contribution in [0, 0.1) is 0 Å². The van der Waals surface area contributed by atoms with Crippen LogP contribution in [-0.4, -0.2) is 17.7 Å². The maximum atomic E-state index is 11.2. The van der Waals surface area contributed by atoms with Gasteiger partial charge in [0.15, 0.2) is 0 Å². The fourth-order valence-corrected chi connectivity index (χ4v) is 1.25. The van der Waals surface area contributed by atoms with E-state index in [9.17, 15) is 4.79 Å². The summed E-state index contributed by atoms with van der Waals surface area (Å²) in [5.74, 6) is 0. The molecule has 0 saturated heterocycles. The molecule has 1 aromatic rings. The minimum Gasteiger partial charge on any atom is -0.392 e. The maximum Gasteiger partial charge on any atom is 0.315 e. The van der Waals surface area contributed by atoms with Crippen molar-refractivity contribution in [3.8, 4) is 0 Å². The van der Waals surface area contributed by atoms with E-state index >= 15 is 0 Å². The molecular formula is C12H18N2O2. The van der Waals surface area contributed by atoms with Crippen molar-refractivity contribution in [3.05, 3.63) is 35.4 Å². The molecule has 3 N–H and O–H groups in total. The average molecular weight is 222 g/mol. The van der Waals surface area contributed by atoms with Crippen molar-refractivity contribution in [2.45, 2.75) is 26.5 Å². The first-order valence-corrected chi connectivity index (χ1v) is 5.46. The highest BCUT2D eigenvalue weighted by atomic mass is 16.3. The number of benzene rings is 1. The van der Waals surface area contributed by atoms with Gasteiger partial charge in [-0.25, -0.2) is 4.79 Å². The monoisotopic (exact) mass is 222 g/mol. The topological polar surface area (TPSA) is 61.4 Å². The molecule has 0 spiro atoms. The Morgan fingerprint density at radius 2 is 1.81 bits per heavy atom.